The van der Waals surface area contributed by atoms with Crippen molar-refractivity contribution in [1.29, 1.82) is 0 Å². The molecule has 6 heteroatoms. The summed E-state index contributed by atoms with van der Waals surface area (Å²) in [6.07, 6.45) is 1.62. The van der Waals surface area contributed by atoms with Gasteiger partial charge < -0.3 is 9.84 Å². The zero-order chi connectivity index (χ0) is 15.1. The average Bonchev–Trinajstić information content (AvgIpc) is 2.46. The number of hydrogen-bond donors (Lipinski definition) is 2. The molecule has 0 aliphatic carbocycles. The summed E-state index contributed by atoms with van der Waals surface area (Å²) < 4.78 is 5.05. The SMILES string of the molecule is O=C(O)C=Cc1cccc(NC(=O)Oc2ccccc2)n1. The van der Waals surface area contributed by atoms with Crippen LogP contribution in [0.5, 0.6) is 5.75 Å². The molecule has 2 aromatic rings. The second-order valence-corrected chi connectivity index (χ2v) is 3.95. The Hall–Kier alpha value is -3.15. The van der Waals surface area contributed by atoms with E-state index in [1.54, 1.807) is 42.5 Å². The van der Waals surface area contributed by atoms with Crippen molar-refractivity contribution in [3.63, 3.8) is 0 Å². The molecule has 0 bridgehead atoms. The third-order valence-corrected chi connectivity index (χ3v) is 2.35. The van der Waals surface area contributed by atoms with Crippen LogP contribution in [0.1, 0.15) is 5.69 Å². The van der Waals surface area contributed by atoms with Crippen molar-refractivity contribution < 1.29 is 19.4 Å². The number of ether oxygens (including phenoxy) is 1. The Morgan fingerprint density at radius 2 is 1.86 bits per heavy atom. The Kier molecular flexibility index (Phi) is 4.66. The van der Waals surface area contributed by atoms with Gasteiger partial charge in [-0.1, -0.05) is 24.3 Å². The molecule has 0 saturated carbocycles. The van der Waals surface area contributed by atoms with Gasteiger partial charge >= 0.3 is 12.1 Å². The molecule has 0 saturated heterocycles. The van der Waals surface area contributed by atoms with Gasteiger partial charge in [-0.3, -0.25) is 5.32 Å². The van der Waals surface area contributed by atoms with Gasteiger partial charge in [-0.25, -0.2) is 14.6 Å². The number of aromatic nitrogens is 1. The Morgan fingerprint density at radius 3 is 2.57 bits per heavy atom. The first-order chi connectivity index (χ1) is 10.1. The number of amides is 1. The van der Waals surface area contributed by atoms with Gasteiger partial charge in [-0.2, -0.15) is 0 Å². The number of hydrogen-bond acceptors (Lipinski definition) is 4. The maximum atomic E-state index is 11.7. The van der Waals surface area contributed by atoms with Gasteiger partial charge in [0.1, 0.15) is 11.6 Å². The third kappa shape index (κ3) is 4.79. The number of carboxylic acid groups (broad SMARTS) is 1. The van der Waals surface area contributed by atoms with Crippen LogP contribution in [-0.2, 0) is 4.79 Å². The van der Waals surface area contributed by atoms with E-state index in [1.165, 1.54) is 6.08 Å². The number of aliphatic carboxylic acids is 1. The topological polar surface area (TPSA) is 88.5 Å². The number of anilines is 1. The van der Waals surface area contributed by atoms with Gasteiger partial charge in [0.25, 0.3) is 0 Å². The van der Waals surface area contributed by atoms with Crippen LogP contribution >= 0.6 is 0 Å². The predicted octanol–water partition coefficient (Wildman–Crippen LogP) is 2.79. The molecule has 1 aromatic heterocycles. The molecule has 21 heavy (non-hydrogen) atoms. The van der Waals surface area contributed by atoms with E-state index in [0.717, 1.165) is 6.08 Å². The van der Waals surface area contributed by atoms with E-state index in [1.807, 2.05) is 6.07 Å². The van der Waals surface area contributed by atoms with Gasteiger partial charge in [-0.05, 0) is 30.3 Å². The highest BCUT2D eigenvalue weighted by Crippen LogP contribution is 2.11. The zero-order valence-corrected chi connectivity index (χ0v) is 10.9. The summed E-state index contributed by atoms with van der Waals surface area (Å²) in [4.78, 5) is 26.2. The number of rotatable bonds is 4. The van der Waals surface area contributed by atoms with Crippen LogP contribution in [0, 0.1) is 0 Å². The Balaban J connectivity index is 2.01. The van der Waals surface area contributed by atoms with Gasteiger partial charge in [0, 0.05) is 6.08 Å². The number of nitrogens with one attached hydrogen (secondary N) is 1. The second kappa shape index (κ2) is 6.85. The van der Waals surface area contributed by atoms with Crippen molar-refractivity contribution in [3.05, 3.63) is 60.3 Å². The van der Waals surface area contributed by atoms with Crippen LogP contribution in [0.2, 0.25) is 0 Å². The van der Waals surface area contributed by atoms with Crippen LogP contribution in [0.25, 0.3) is 6.08 Å². The molecule has 1 amide bonds. The molecule has 0 radical (unpaired) electrons. The van der Waals surface area contributed by atoms with E-state index < -0.39 is 12.1 Å². The van der Waals surface area contributed by atoms with E-state index in [-0.39, 0.29) is 5.82 Å². The van der Waals surface area contributed by atoms with Crippen molar-refractivity contribution in [2.45, 2.75) is 0 Å². The van der Waals surface area contributed by atoms with Crippen LogP contribution in [0.4, 0.5) is 10.6 Å². The molecule has 0 spiro atoms. The first-order valence-corrected chi connectivity index (χ1v) is 6.05. The van der Waals surface area contributed by atoms with Crippen molar-refractivity contribution in [2.24, 2.45) is 0 Å². The normalized spacial score (nSPS) is 10.3. The fourth-order valence-corrected chi connectivity index (χ4v) is 1.50. The molecular formula is C15H12N2O4. The van der Waals surface area contributed by atoms with Gasteiger partial charge in [-0.15, -0.1) is 0 Å². The fraction of sp³-hybridized carbons (Fsp3) is 0. The summed E-state index contributed by atoms with van der Waals surface area (Å²) in [5, 5.41) is 11.0. The summed E-state index contributed by atoms with van der Waals surface area (Å²) in [6.45, 7) is 0. The highest BCUT2D eigenvalue weighted by molar-refractivity contribution is 5.86. The van der Waals surface area contributed by atoms with Crippen molar-refractivity contribution in [2.75, 3.05) is 5.32 Å². The number of carbonyl (C=O) groups is 2. The smallest absolute Gasteiger partial charge is 0.418 e. The maximum Gasteiger partial charge on any atom is 0.418 e. The molecular weight excluding hydrogens is 272 g/mol. The largest absolute Gasteiger partial charge is 0.478 e. The average molecular weight is 284 g/mol. The summed E-state index contributed by atoms with van der Waals surface area (Å²) in [7, 11) is 0. The van der Waals surface area contributed by atoms with E-state index in [9.17, 15) is 9.59 Å². The van der Waals surface area contributed by atoms with E-state index in [4.69, 9.17) is 9.84 Å². The third-order valence-electron chi connectivity index (χ3n) is 2.35. The number of para-hydroxylation sites is 1. The number of carboxylic acids is 1. The molecule has 6 nitrogen and oxygen atoms in total. The number of carbonyl (C=O) groups excluding carboxylic acids is 1. The lowest BCUT2D eigenvalue weighted by Gasteiger charge is -2.06. The molecule has 0 atom stereocenters. The predicted molar refractivity (Wildman–Crippen MR) is 77.0 cm³/mol. The molecule has 0 aliphatic heterocycles. The van der Waals surface area contributed by atoms with Crippen LogP contribution in [0.3, 0.4) is 0 Å². The summed E-state index contributed by atoms with van der Waals surface area (Å²) in [5.74, 6) is -0.390. The molecule has 1 heterocycles. The summed E-state index contributed by atoms with van der Waals surface area (Å²) in [6, 6.07) is 13.4. The highest BCUT2D eigenvalue weighted by atomic mass is 16.6. The fourth-order valence-electron chi connectivity index (χ4n) is 1.50. The Labute approximate surface area is 120 Å². The second-order valence-electron chi connectivity index (χ2n) is 3.95. The molecule has 0 unspecified atom stereocenters. The lowest BCUT2D eigenvalue weighted by atomic mass is 10.3. The molecule has 0 aliphatic rings. The Morgan fingerprint density at radius 1 is 1.10 bits per heavy atom. The summed E-state index contributed by atoms with van der Waals surface area (Å²) >= 11 is 0. The lowest BCUT2D eigenvalue weighted by Crippen LogP contribution is -2.17. The molecule has 0 fully saturated rings. The zero-order valence-electron chi connectivity index (χ0n) is 10.9. The van der Waals surface area contributed by atoms with E-state index >= 15 is 0 Å². The molecule has 2 rings (SSSR count). The maximum absolute atomic E-state index is 11.7. The minimum Gasteiger partial charge on any atom is -0.478 e. The Bertz CT molecular complexity index is 668. The lowest BCUT2D eigenvalue weighted by molar-refractivity contribution is -0.131. The quantitative estimate of drug-likeness (QED) is 0.843. The number of nitrogens with zero attached hydrogens (tertiary/aromatic N) is 1. The van der Waals surface area contributed by atoms with Crippen LogP contribution < -0.4 is 10.1 Å². The molecule has 1 aromatic carbocycles. The van der Waals surface area contributed by atoms with Gasteiger partial charge in [0.15, 0.2) is 0 Å². The van der Waals surface area contributed by atoms with Crippen LogP contribution in [0.15, 0.2) is 54.6 Å². The van der Waals surface area contributed by atoms with Crippen molar-refractivity contribution in [3.8, 4) is 5.75 Å². The minimum absolute atomic E-state index is 0.267. The van der Waals surface area contributed by atoms with E-state index in [2.05, 4.69) is 10.3 Å². The minimum atomic E-state index is -1.07. The standard InChI is InChI=1S/C15H12N2O4/c18-14(19)10-9-11-5-4-8-13(16-11)17-15(20)21-12-6-2-1-3-7-12/h1-10H,(H,18,19)(H,16,17,20). The molecule has 106 valence electrons. The number of benzene rings is 1. The van der Waals surface area contributed by atoms with E-state index in [0.29, 0.717) is 11.4 Å². The molecule has 2 N–H and O–H groups in total. The summed E-state index contributed by atoms with van der Waals surface area (Å²) in [5.41, 5.74) is 0.412. The van der Waals surface area contributed by atoms with Gasteiger partial charge in [0.2, 0.25) is 0 Å². The van der Waals surface area contributed by atoms with Gasteiger partial charge in [0.05, 0.1) is 5.69 Å². The monoisotopic (exact) mass is 284 g/mol. The highest BCUT2D eigenvalue weighted by Gasteiger charge is 2.05. The van der Waals surface area contributed by atoms with Crippen molar-refractivity contribution in [1.82, 2.24) is 4.98 Å². The first kappa shape index (κ1) is 14.3. The first-order valence-electron chi connectivity index (χ1n) is 6.05. The van der Waals surface area contributed by atoms with Crippen LogP contribution in [-0.4, -0.2) is 22.2 Å². The van der Waals surface area contributed by atoms with Crippen molar-refractivity contribution >= 4 is 24.0 Å². The number of pyridine rings is 1.